The van der Waals surface area contributed by atoms with Gasteiger partial charge in [-0.25, -0.2) is 4.79 Å². The zero-order chi connectivity index (χ0) is 25.3. The molecule has 0 radical (unpaired) electrons. The number of nitrogens with zero attached hydrogens (tertiary/aromatic N) is 2. The molecule has 2 aromatic rings. The van der Waals surface area contributed by atoms with E-state index in [4.69, 9.17) is 14.2 Å². The molecule has 3 amide bonds. The summed E-state index contributed by atoms with van der Waals surface area (Å²) in [5, 5.41) is 5.98. The molecule has 2 heterocycles. The van der Waals surface area contributed by atoms with Crippen LogP contribution in [0.15, 0.2) is 42.5 Å². The van der Waals surface area contributed by atoms with Crippen molar-refractivity contribution in [3.8, 4) is 11.5 Å². The fourth-order valence-electron chi connectivity index (χ4n) is 4.55. The van der Waals surface area contributed by atoms with Crippen LogP contribution in [0, 0.1) is 5.92 Å². The molecule has 2 fully saturated rings. The summed E-state index contributed by atoms with van der Waals surface area (Å²) in [4.78, 5) is 29.8. The second kappa shape index (κ2) is 12.5. The van der Waals surface area contributed by atoms with Gasteiger partial charge in [-0.2, -0.15) is 0 Å². The zero-order valence-corrected chi connectivity index (χ0v) is 21.1. The lowest BCUT2D eigenvalue weighted by molar-refractivity contribution is -0.121. The number of ether oxygens (including phenoxy) is 3. The fraction of sp³-hybridized carbons (Fsp3) is 0.481. The maximum Gasteiger partial charge on any atom is 0.321 e. The van der Waals surface area contributed by atoms with E-state index in [9.17, 15) is 9.59 Å². The Morgan fingerprint density at radius 2 is 1.58 bits per heavy atom. The minimum Gasteiger partial charge on any atom is -0.492 e. The third kappa shape index (κ3) is 6.40. The maximum atomic E-state index is 13.2. The standard InChI is InChI=1S/C27H36N4O5/c1-3-35-24-19-23(30-14-16-34-17-15-30)25(36-4-2)18-22(24)29-26(32)20-10-12-31(13-11-20)27(33)28-21-8-6-5-7-9-21/h5-9,18-20H,3-4,10-17H2,1-2H3,(H,28,33)(H,29,32). The van der Waals surface area contributed by atoms with Crippen molar-refractivity contribution in [1.82, 2.24) is 4.90 Å². The van der Waals surface area contributed by atoms with E-state index >= 15 is 0 Å². The van der Waals surface area contributed by atoms with Crippen molar-refractivity contribution in [2.45, 2.75) is 26.7 Å². The van der Waals surface area contributed by atoms with Gasteiger partial charge in [-0.15, -0.1) is 0 Å². The van der Waals surface area contributed by atoms with E-state index in [0.717, 1.165) is 24.5 Å². The summed E-state index contributed by atoms with van der Waals surface area (Å²) >= 11 is 0. The van der Waals surface area contributed by atoms with Gasteiger partial charge in [-0.1, -0.05) is 18.2 Å². The van der Waals surface area contributed by atoms with Crippen molar-refractivity contribution in [3.05, 3.63) is 42.5 Å². The Balaban J connectivity index is 1.41. The summed E-state index contributed by atoms with van der Waals surface area (Å²) in [6.45, 7) is 8.78. The van der Waals surface area contributed by atoms with Gasteiger partial charge in [0.15, 0.2) is 0 Å². The first-order valence-electron chi connectivity index (χ1n) is 12.8. The number of piperidine rings is 1. The van der Waals surface area contributed by atoms with Crippen LogP contribution in [0.3, 0.4) is 0 Å². The van der Waals surface area contributed by atoms with Crippen LogP contribution >= 0.6 is 0 Å². The predicted molar refractivity (Wildman–Crippen MR) is 140 cm³/mol. The van der Waals surface area contributed by atoms with Crippen LogP contribution in [0.1, 0.15) is 26.7 Å². The second-order valence-electron chi connectivity index (χ2n) is 8.83. The number of amides is 3. The molecular weight excluding hydrogens is 460 g/mol. The van der Waals surface area contributed by atoms with E-state index < -0.39 is 0 Å². The Kier molecular flexibility index (Phi) is 8.89. The fourth-order valence-corrected chi connectivity index (χ4v) is 4.55. The number of carbonyl (C=O) groups is 2. The molecule has 2 aliphatic heterocycles. The van der Waals surface area contributed by atoms with Gasteiger partial charge in [0.25, 0.3) is 0 Å². The number of anilines is 3. The van der Waals surface area contributed by atoms with Crippen molar-refractivity contribution in [2.24, 2.45) is 5.92 Å². The van der Waals surface area contributed by atoms with Crippen LogP contribution in [0.2, 0.25) is 0 Å². The van der Waals surface area contributed by atoms with E-state index in [-0.39, 0.29) is 17.9 Å². The predicted octanol–water partition coefficient (Wildman–Crippen LogP) is 4.20. The molecule has 4 rings (SSSR count). The van der Waals surface area contributed by atoms with Crippen LogP contribution < -0.4 is 25.0 Å². The van der Waals surface area contributed by atoms with E-state index in [0.29, 0.717) is 69.5 Å². The van der Waals surface area contributed by atoms with Gasteiger partial charge in [0, 0.05) is 49.9 Å². The molecule has 0 saturated carbocycles. The average molecular weight is 497 g/mol. The van der Waals surface area contributed by atoms with Gasteiger partial charge in [0.1, 0.15) is 11.5 Å². The molecule has 0 atom stereocenters. The van der Waals surface area contributed by atoms with Gasteiger partial charge in [0.05, 0.1) is 37.8 Å². The van der Waals surface area contributed by atoms with E-state index in [1.54, 1.807) is 4.90 Å². The number of nitrogens with one attached hydrogen (secondary N) is 2. The molecule has 2 aliphatic rings. The molecule has 36 heavy (non-hydrogen) atoms. The van der Waals surface area contributed by atoms with Crippen LogP contribution in [-0.4, -0.2) is 69.4 Å². The first-order chi connectivity index (χ1) is 17.6. The lowest BCUT2D eigenvalue weighted by Crippen LogP contribution is -2.43. The minimum absolute atomic E-state index is 0.0689. The summed E-state index contributed by atoms with van der Waals surface area (Å²) in [7, 11) is 0. The zero-order valence-electron chi connectivity index (χ0n) is 21.1. The van der Waals surface area contributed by atoms with Crippen molar-refractivity contribution in [2.75, 3.05) is 68.1 Å². The highest BCUT2D eigenvalue weighted by Crippen LogP contribution is 2.39. The number of urea groups is 1. The number of rotatable bonds is 8. The lowest BCUT2D eigenvalue weighted by Gasteiger charge is -2.32. The minimum atomic E-state index is -0.185. The Morgan fingerprint density at radius 1 is 0.917 bits per heavy atom. The summed E-state index contributed by atoms with van der Waals surface area (Å²) in [5.74, 6) is 1.08. The third-order valence-electron chi connectivity index (χ3n) is 6.45. The number of carbonyl (C=O) groups excluding carboxylic acids is 2. The van der Waals surface area contributed by atoms with Gasteiger partial charge in [0.2, 0.25) is 5.91 Å². The van der Waals surface area contributed by atoms with Gasteiger partial charge in [-0.05, 0) is 38.8 Å². The highest BCUT2D eigenvalue weighted by atomic mass is 16.5. The number of benzene rings is 2. The molecule has 194 valence electrons. The van der Waals surface area contributed by atoms with Crippen LogP contribution in [-0.2, 0) is 9.53 Å². The molecule has 2 N–H and O–H groups in total. The largest absolute Gasteiger partial charge is 0.492 e. The molecule has 0 bridgehead atoms. The topological polar surface area (TPSA) is 92.4 Å². The van der Waals surface area contributed by atoms with Crippen molar-refractivity contribution in [1.29, 1.82) is 0 Å². The highest BCUT2D eigenvalue weighted by molar-refractivity contribution is 5.95. The Labute approximate surface area is 212 Å². The SMILES string of the molecule is CCOc1cc(N2CCOCC2)c(OCC)cc1NC(=O)C1CCN(C(=O)Nc2ccccc2)CC1. The molecule has 0 spiro atoms. The Hall–Kier alpha value is -3.46. The number of para-hydroxylation sites is 1. The van der Waals surface area contributed by atoms with Gasteiger partial charge < -0.3 is 34.6 Å². The number of hydrogen-bond acceptors (Lipinski definition) is 6. The van der Waals surface area contributed by atoms with Crippen LogP contribution in [0.5, 0.6) is 11.5 Å². The number of hydrogen-bond donors (Lipinski definition) is 2. The monoisotopic (exact) mass is 496 g/mol. The van der Waals surface area contributed by atoms with Crippen molar-refractivity contribution in [3.63, 3.8) is 0 Å². The van der Waals surface area contributed by atoms with E-state index in [2.05, 4.69) is 15.5 Å². The highest BCUT2D eigenvalue weighted by Gasteiger charge is 2.29. The first-order valence-corrected chi connectivity index (χ1v) is 12.8. The number of morpholine rings is 1. The average Bonchev–Trinajstić information content (AvgIpc) is 2.91. The van der Waals surface area contributed by atoms with Crippen LogP contribution in [0.25, 0.3) is 0 Å². The summed E-state index contributed by atoms with van der Waals surface area (Å²) < 4.78 is 17.3. The first kappa shape index (κ1) is 25.6. The molecule has 9 nitrogen and oxygen atoms in total. The maximum absolute atomic E-state index is 13.2. The smallest absolute Gasteiger partial charge is 0.321 e. The summed E-state index contributed by atoms with van der Waals surface area (Å²) in [6.07, 6.45) is 1.20. The Bertz CT molecular complexity index is 1020. The molecule has 0 aliphatic carbocycles. The molecule has 9 heteroatoms. The van der Waals surface area contributed by atoms with Crippen molar-refractivity contribution >= 4 is 29.0 Å². The Morgan fingerprint density at radius 3 is 2.25 bits per heavy atom. The molecule has 0 unspecified atom stereocenters. The molecule has 2 aromatic carbocycles. The number of likely N-dealkylation sites (tertiary alicyclic amines) is 1. The summed E-state index contributed by atoms with van der Waals surface area (Å²) in [5.41, 5.74) is 2.31. The van der Waals surface area contributed by atoms with E-state index in [1.807, 2.05) is 56.3 Å². The van der Waals surface area contributed by atoms with Gasteiger partial charge in [-0.3, -0.25) is 4.79 Å². The quantitative estimate of drug-likeness (QED) is 0.569. The van der Waals surface area contributed by atoms with E-state index in [1.165, 1.54) is 0 Å². The lowest BCUT2D eigenvalue weighted by atomic mass is 9.96. The second-order valence-corrected chi connectivity index (χ2v) is 8.83. The molecular formula is C27H36N4O5. The molecule has 0 aromatic heterocycles. The van der Waals surface area contributed by atoms with Gasteiger partial charge >= 0.3 is 6.03 Å². The van der Waals surface area contributed by atoms with Crippen LogP contribution in [0.4, 0.5) is 21.9 Å². The third-order valence-corrected chi connectivity index (χ3v) is 6.45. The molecule has 2 saturated heterocycles. The van der Waals surface area contributed by atoms with Crippen molar-refractivity contribution < 1.29 is 23.8 Å². The summed E-state index contributed by atoms with van der Waals surface area (Å²) in [6, 6.07) is 13.1. The normalized spacial score (nSPS) is 16.4.